The van der Waals surface area contributed by atoms with E-state index in [1.165, 1.54) is 20.3 Å². The van der Waals surface area contributed by atoms with E-state index in [1.807, 2.05) is 0 Å². The number of nitrogens with zero attached hydrogens (tertiary/aromatic N) is 1. The van der Waals surface area contributed by atoms with Crippen LogP contribution in [0.5, 0.6) is 0 Å². The third-order valence-electron chi connectivity index (χ3n) is 2.09. The Balaban J connectivity index is 3.02. The normalized spacial score (nSPS) is 26.5. The average molecular weight is 264 g/mol. The van der Waals surface area contributed by atoms with Crippen molar-refractivity contribution in [2.45, 2.75) is 12.1 Å². The van der Waals surface area contributed by atoms with Crippen molar-refractivity contribution < 1.29 is 14.4 Å². The van der Waals surface area contributed by atoms with Crippen LogP contribution in [0, 0.1) is 10.1 Å². The molecule has 0 aromatic heterocycles. The lowest BCUT2D eigenvalue weighted by molar-refractivity contribution is -0.611. The van der Waals surface area contributed by atoms with Crippen molar-refractivity contribution in [3.63, 3.8) is 0 Å². The zero-order chi connectivity index (χ0) is 10.8. The van der Waals surface area contributed by atoms with Gasteiger partial charge in [-0.2, -0.15) is 0 Å². The summed E-state index contributed by atoms with van der Waals surface area (Å²) in [6.07, 6.45) is 3.31. The summed E-state index contributed by atoms with van der Waals surface area (Å²) in [4.78, 5) is 10.4. The van der Waals surface area contributed by atoms with Gasteiger partial charge in [0.25, 0.3) is 0 Å². The van der Waals surface area contributed by atoms with Gasteiger partial charge >= 0.3 is 5.72 Å². The van der Waals surface area contributed by atoms with Crippen LogP contribution in [-0.2, 0) is 9.47 Å². The molecule has 0 saturated heterocycles. The molecule has 0 saturated carbocycles. The van der Waals surface area contributed by atoms with E-state index in [0.29, 0.717) is 10.2 Å². The lowest BCUT2D eigenvalue weighted by Crippen LogP contribution is -2.41. The van der Waals surface area contributed by atoms with Crippen LogP contribution in [0.25, 0.3) is 0 Å². The molecule has 14 heavy (non-hydrogen) atoms. The number of rotatable bonds is 3. The van der Waals surface area contributed by atoms with Gasteiger partial charge < -0.3 is 9.47 Å². The van der Waals surface area contributed by atoms with Gasteiger partial charge in [0.1, 0.15) is 10.2 Å². The van der Waals surface area contributed by atoms with Crippen LogP contribution < -0.4 is 0 Å². The van der Waals surface area contributed by atoms with Crippen LogP contribution in [0.15, 0.2) is 22.4 Å². The zero-order valence-corrected chi connectivity index (χ0v) is 9.41. The fourth-order valence-corrected chi connectivity index (χ4v) is 1.89. The van der Waals surface area contributed by atoms with E-state index in [1.54, 1.807) is 6.08 Å². The van der Waals surface area contributed by atoms with Gasteiger partial charge in [0.15, 0.2) is 0 Å². The van der Waals surface area contributed by atoms with Crippen molar-refractivity contribution in [1.82, 2.24) is 0 Å². The Morgan fingerprint density at radius 3 is 2.64 bits per heavy atom. The van der Waals surface area contributed by atoms with Gasteiger partial charge in [0.05, 0.1) is 18.5 Å². The minimum absolute atomic E-state index is 0.150. The van der Waals surface area contributed by atoms with Crippen LogP contribution >= 0.6 is 15.9 Å². The summed E-state index contributed by atoms with van der Waals surface area (Å²) in [5.74, 6) is 0.589. The van der Waals surface area contributed by atoms with Gasteiger partial charge in [0, 0.05) is 7.11 Å². The van der Waals surface area contributed by atoms with E-state index in [-0.39, 0.29) is 6.42 Å². The van der Waals surface area contributed by atoms with Crippen LogP contribution in [0.3, 0.4) is 0 Å². The molecule has 1 rings (SSSR count). The molecule has 0 spiro atoms. The van der Waals surface area contributed by atoms with E-state index in [2.05, 4.69) is 15.9 Å². The van der Waals surface area contributed by atoms with E-state index >= 15 is 0 Å². The number of hydrogen-bond donors (Lipinski definition) is 0. The third-order valence-corrected chi connectivity index (χ3v) is 2.94. The molecule has 0 heterocycles. The maximum atomic E-state index is 10.9. The molecule has 5 nitrogen and oxygen atoms in total. The van der Waals surface area contributed by atoms with Crippen LogP contribution in [-0.4, -0.2) is 24.9 Å². The second-order valence-electron chi connectivity index (χ2n) is 2.75. The first-order valence-electron chi connectivity index (χ1n) is 3.88. The summed E-state index contributed by atoms with van der Waals surface area (Å²) in [7, 11) is 2.82. The van der Waals surface area contributed by atoms with Gasteiger partial charge in [-0.05, 0) is 28.1 Å². The molecule has 0 aromatic carbocycles. The van der Waals surface area contributed by atoms with E-state index < -0.39 is 10.6 Å². The zero-order valence-electron chi connectivity index (χ0n) is 7.82. The molecule has 1 aliphatic carbocycles. The second kappa shape index (κ2) is 4.10. The van der Waals surface area contributed by atoms with Crippen molar-refractivity contribution in [2.24, 2.45) is 0 Å². The highest BCUT2D eigenvalue weighted by Crippen LogP contribution is 2.35. The summed E-state index contributed by atoms with van der Waals surface area (Å²) in [6, 6.07) is 0. The minimum atomic E-state index is -1.50. The highest BCUT2D eigenvalue weighted by molar-refractivity contribution is 9.11. The molecule has 0 amide bonds. The van der Waals surface area contributed by atoms with Crippen LogP contribution in [0.4, 0.5) is 0 Å². The van der Waals surface area contributed by atoms with E-state index in [0.717, 1.165) is 0 Å². The molecule has 0 bridgehead atoms. The molecule has 0 aliphatic heterocycles. The predicted octanol–water partition coefficient (Wildman–Crippen LogP) is 1.82. The molecule has 6 heteroatoms. The van der Waals surface area contributed by atoms with Crippen molar-refractivity contribution in [3.8, 4) is 0 Å². The van der Waals surface area contributed by atoms with Gasteiger partial charge in [0.2, 0.25) is 0 Å². The maximum absolute atomic E-state index is 10.9. The standard InChI is InChI=1S/C8H10BrNO4/c1-13-6-3-4-8(14-2,10(11)12)7(9)5-6/h3,5H,4H2,1-2H3. The van der Waals surface area contributed by atoms with Crippen LogP contribution in [0.1, 0.15) is 6.42 Å². The van der Waals surface area contributed by atoms with Gasteiger partial charge in [-0.25, -0.2) is 0 Å². The SMILES string of the molecule is COC1=CCC(OC)([N+](=O)[O-])C(Br)=C1. The largest absolute Gasteiger partial charge is 0.497 e. The van der Waals surface area contributed by atoms with Gasteiger partial charge in [-0.3, -0.25) is 10.1 Å². The first-order chi connectivity index (χ1) is 6.56. The smallest absolute Gasteiger partial charge is 0.361 e. The molecule has 78 valence electrons. The first kappa shape index (κ1) is 11.2. The highest BCUT2D eigenvalue weighted by Gasteiger charge is 2.47. The summed E-state index contributed by atoms with van der Waals surface area (Å²) < 4.78 is 10.2. The predicted molar refractivity (Wildman–Crippen MR) is 53.5 cm³/mol. The Morgan fingerprint density at radius 1 is 1.64 bits per heavy atom. The number of methoxy groups -OCH3 is 2. The van der Waals surface area contributed by atoms with E-state index in [4.69, 9.17) is 9.47 Å². The molecule has 0 fully saturated rings. The number of nitro groups is 1. The van der Waals surface area contributed by atoms with Gasteiger partial charge in [-0.1, -0.05) is 0 Å². The summed E-state index contributed by atoms with van der Waals surface area (Å²) in [5.41, 5.74) is -1.50. The molecule has 0 aromatic rings. The quantitative estimate of drug-likeness (QED) is 0.443. The summed E-state index contributed by atoms with van der Waals surface area (Å²) in [6.45, 7) is 0. The fraction of sp³-hybridized carbons (Fsp3) is 0.500. The number of hydrogen-bond acceptors (Lipinski definition) is 4. The molecule has 0 N–H and O–H groups in total. The number of allylic oxidation sites excluding steroid dienone is 1. The Hall–Kier alpha value is -0.880. The molecule has 0 radical (unpaired) electrons. The average Bonchev–Trinajstić information content (AvgIpc) is 2.17. The Labute approximate surface area is 89.7 Å². The lowest BCUT2D eigenvalue weighted by Gasteiger charge is -2.24. The second-order valence-corrected chi connectivity index (χ2v) is 3.61. The number of ether oxygens (including phenoxy) is 2. The van der Waals surface area contributed by atoms with Crippen molar-refractivity contribution in [3.05, 3.63) is 32.5 Å². The van der Waals surface area contributed by atoms with Gasteiger partial charge in [-0.15, -0.1) is 0 Å². The van der Waals surface area contributed by atoms with Crippen molar-refractivity contribution in [1.29, 1.82) is 0 Å². The lowest BCUT2D eigenvalue weighted by atomic mass is 10.0. The molecule has 1 atom stereocenters. The summed E-state index contributed by atoms with van der Waals surface area (Å²) in [5, 5.41) is 10.9. The number of halogens is 1. The summed E-state index contributed by atoms with van der Waals surface area (Å²) >= 11 is 3.13. The maximum Gasteiger partial charge on any atom is 0.361 e. The van der Waals surface area contributed by atoms with Crippen LogP contribution in [0.2, 0.25) is 0 Å². The monoisotopic (exact) mass is 263 g/mol. The Bertz CT molecular complexity index is 312. The topological polar surface area (TPSA) is 61.6 Å². The molecular formula is C8H10BrNO4. The highest BCUT2D eigenvalue weighted by atomic mass is 79.9. The Kier molecular flexibility index (Phi) is 3.28. The molecule has 1 aliphatic rings. The van der Waals surface area contributed by atoms with Crippen molar-refractivity contribution >= 4 is 15.9 Å². The minimum Gasteiger partial charge on any atom is -0.497 e. The van der Waals surface area contributed by atoms with E-state index in [9.17, 15) is 10.1 Å². The van der Waals surface area contributed by atoms with Crippen molar-refractivity contribution in [2.75, 3.05) is 14.2 Å². The first-order valence-corrected chi connectivity index (χ1v) is 4.67. The molecular weight excluding hydrogens is 254 g/mol. The Morgan fingerprint density at radius 2 is 2.29 bits per heavy atom. The third kappa shape index (κ3) is 1.67. The molecule has 1 unspecified atom stereocenters. The fourth-order valence-electron chi connectivity index (χ4n) is 1.19.